The summed E-state index contributed by atoms with van der Waals surface area (Å²) in [5.74, 6) is -0.934. The van der Waals surface area contributed by atoms with Gasteiger partial charge in [0.2, 0.25) is 26.0 Å². The number of amides is 2. The van der Waals surface area contributed by atoms with Gasteiger partial charge in [0, 0.05) is 31.7 Å². The fraction of sp³-hybridized carbons (Fsp3) is 0.333. The molecule has 33 heavy (non-hydrogen) atoms. The van der Waals surface area contributed by atoms with Crippen LogP contribution in [-0.2, 0) is 24.8 Å². The minimum atomic E-state index is -3.93. The number of benzene rings is 2. The van der Waals surface area contributed by atoms with Gasteiger partial charge in [-0.15, -0.1) is 0 Å². The van der Waals surface area contributed by atoms with Crippen molar-refractivity contribution in [1.29, 1.82) is 0 Å². The number of hydrogen-bond acceptors (Lipinski definition) is 6. The summed E-state index contributed by atoms with van der Waals surface area (Å²) in [6, 6.07) is 10.6. The third-order valence-corrected chi connectivity index (χ3v) is 8.52. The van der Waals surface area contributed by atoms with Gasteiger partial charge < -0.3 is 10.6 Å². The van der Waals surface area contributed by atoms with E-state index in [4.69, 9.17) is 0 Å². The smallest absolute Gasteiger partial charge is 0.251 e. The Bertz CT molecular complexity index is 1280. The molecule has 0 saturated carbocycles. The number of piperazine rings is 1. The summed E-state index contributed by atoms with van der Waals surface area (Å²) in [6.07, 6.45) is 0. The lowest BCUT2D eigenvalue weighted by Crippen LogP contribution is -2.49. The molecule has 1 fully saturated rings. The Morgan fingerprint density at radius 2 is 1.82 bits per heavy atom. The monoisotopic (exact) mass is 494 g/mol. The molecule has 0 radical (unpaired) electrons. The van der Waals surface area contributed by atoms with Gasteiger partial charge in [0.25, 0.3) is 5.91 Å². The quantitative estimate of drug-likeness (QED) is 0.446. The van der Waals surface area contributed by atoms with Crippen LogP contribution in [0.2, 0.25) is 0 Å². The number of carbonyl (C=O) groups excluding carboxylic acids is 2. The van der Waals surface area contributed by atoms with E-state index in [1.54, 1.807) is 26.0 Å². The Kier molecular flexibility index (Phi) is 7.52. The molecular weight excluding hydrogens is 468 g/mol. The van der Waals surface area contributed by atoms with Crippen molar-refractivity contribution in [3.63, 3.8) is 0 Å². The fourth-order valence-electron chi connectivity index (χ4n) is 3.31. The molecule has 1 aliphatic heterocycles. The van der Waals surface area contributed by atoms with E-state index in [2.05, 4.69) is 15.4 Å². The van der Waals surface area contributed by atoms with Crippen LogP contribution in [0.4, 0.5) is 0 Å². The number of nitrogens with one attached hydrogen (secondary N) is 3. The molecule has 2 amide bonds. The molecule has 10 nitrogen and oxygen atoms in total. The van der Waals surface area contributed by atoms with Crippen LogP contribution in [0.25, 0.3) is 0 Å². The van der Waals surface area contributed by atoms with Gasteiger partial charge in [0.1, 0.15) is 0 Å². The molecule has 0 spiro atoms. The topological polar surface area (TPSA) is 142 Å². The van der Waals surface area contributed by atoms with Crippen LogP contribution in [0, 0.1) is 13.8 Å². The predicted octanol–water partition coefficient (Wildman–Crippen LogP) is 0.132. The van der Waals surface area contributed by atoms with E-state index in [1.165, 1.54) is 24.3 Å². The Balaban J connectivity index is 1.61. The highest BCUT2D eigenvalue weighted by Gasteiger charge is 2.29. The number of sulfonamides is 2. The standard InChI is InChI=1S/C21H26N4O6S2/c1-15-6-7-16(2)19(12-15)32(28,29)24-9-8-23-21(27)17-4-3-5-18(13-17)33(30,31)25-11-10-22-20(26)14-25/h3-7,12-13,24H,8-11,14H2,1-2H3,(H,22,26)(H,23,27). The van der Waals surface area contributed by atoms with Gasteiger partial charge in [0.15, 0.2) is 0 Å². The SMILES string of the molecule is Cc1ccc(C)c(S(=O)(=O)NCCNC(=O)c2cccc(S(=O)(=O)N3CCNC(=O)C3)c2)c1. The van der Waals surface area contributed by atoms with Gasteiger partial charge in [-0.25, -0.2) is 21.6 Å². The van der Waals surface area contributed by atoms with Crippen LogP contribution in [-0.4, -0.2) is 65.7 Å². The lowest BCUT2D eigenvalue weighted by molar-refractivity contribution is -0.122. The Morgan fingerprint density at radius 3 is 2.55 bits per heavy atom. The van der Waals surface area contributed by atoms with Gasteiger partial charge in [-0.2, -0.15) is 4.31 Å². The number of rotatable bonds is 8. The maximum Gasteiger partial charge on any atom is 0.251 e. The van der Waals surface area contributed by atoms with Gasteiger partial charge in [-0.05, 0) is 49.2 Å². The summed E-state index contributed by atoms with van der Waals surface area (Å²) in [7, 11) is -7.67. The molecule has 3 rings (SSSR count). The first-order chi connectivity index (χ1) is 15.5. The number of aryl methyl sites for hydroxylation is 2. The minimum absolute atomic E-state index is 0.00615. The summed E-state index contributed by atoms with van der Waals surface area (Å²) in [4.78, 5) is 24.1. The van der Waals surface area contributed by atoms with Gasteiger partial charge in [-0.3, -0.25) is 9.59 Å². The van der Waals surface area contributed by atoms with Crippen molar-refractivity contribution in [3.8, 4) is 0 Å². The van der Waals surface area contributed by atoms with Crippen LogP contribution in [0.5, 0.6) is 0 Å². The van der Waals surface area contributed by atoms with Crippen LogP contribution in [0.3, 0.4) is 0 Å². The van der Waals surface area contributed by atoms with Crippen molar-refractivity contribution < 1.29 is 26.4 Å². The first-order valence-electron chi connectivity index (χ1n) is 10.2. The highest BCUT2D eigenvalue weighted by molar-refractivity contribution is 7.89. The van der Waals surface area contributed by atoms with Crippen molar-refractivity contribution in [2.45, 2.75) is 23.6 Å². The van der Waals surface area contributed by atoms with Gasteiger partial charge in [0.05, 0.1) is 16.3 Å². The molecule has 0 aliphatic carbocycles. The zero-order valence-electron chi connectivity index (χ0n) is 18.3. The molecule has 2 aromatic rings. The number of nitrogens with zero attached hydrogens (tertiary/aromatic N) is 1. The van der Waals surface area contributed by atoms with E-state index >= 15 is 0 Å². The molecule has 0 aromatic heterocycles. The summed E-state index contributed by atoms with van der Waals surface area (Å²) < 4.78 is 54.2. The normalized spacial score (nSPS) is 15.2. The molecular formula is C21H26N4O6S2. The maximum atomic E-state index is 12.8. The number of carbonyl (C=O) groups is 2. The van der Waals surface area contributed by atoms with Crippen LogP contribution in [0.1, 0.15) is 21.5 Å². The lowest BCUT2D eigenvalue weighted by atomic mass is 10.2. The molecule has 1 saturated heterocycles. The number of hydrogen-bond donors (Lipinski definition) is 3. The van der Waals surface area contributed by atoms with Crippen molar-refractivity contribution in [1.82, 2.24) is 19.7 Å². The Morgan fingerprint density at radius 1 is 1.06 bits per heavy atom. The van der Waals surface area contributed by atoms with E-state index in [0.29, 0.717) is 5.56 Å². The van der Waals surface area contributed by atoms with Crippen molar-refractivity contribution in [2.75, 3.05) is 32.7 Å². The third kappa shape index (κ3) is 5.96. The van der Waals surface area contributed by atoms with Crippen LogP contribution < -0.4 is 15.4 Å². The predicted molar refractivity (Wildman–Crippen MR) is 122 cm³/mol. The second-order valence-corrected chi connectivity index (χ2v) is 11.3. The highest BCUT2D eigenvalue weighted by Crippen LogP contribution is 2.18. The van der Waals surface area contributed by atoms with E-state index in [1.807, 2.05) is 6.07 Å². The molecule has 0 atom stereocenters. The summed E-state index contributed by atoms with van der Waals surface area (Å²) >= 11 is 0. The van der Waals surface area contributed by atoms with Crippen molar-refractivity contribution in [2.24, 2.45) is 0 Å². The van der Waals surface area contributed by atoms with Gasteiger partial charge in [-0.1, -0.05) is 18.2 Å². The fourth-order valence-corrected chi connectivity index (χ4v) is 6.11. The zero-order chi connectivity index (χ0) is 24.2. The lowest BCUT2D eigenvalue weighted by Gasteiger charge is -2.26. The highest BCUT2D eigenvalue weighted by atomic mass is 32.2. The molecule has 1 aliphatic rings. The second kappa shape index (κ2) is 10.00. The molecule has 2 aromatic carbocycles. The Hall–Kier alpha value is -2.80. The van der Waals surface area contributed by atoms with Gasteiger partial charge >= 0.3 is 0 Å². The summed E-state index contributed by atoms with van der Waals surface area (Å²) in [6.45, 7) is 3.55. The molecule has 12 heteroatoms. The zero-order valence-corrected chi connectivity index (χ0v) is 19.9. The molecule has 3 N–H and O–H groups in total. The van der Waals surface area contributed by atoms with Crippen LogP contribution in [0.15, 0.2) is 52.3 Å². The average molecular weight is 495 g/mol. The largest absolute Gasteiger partial charge is 0.354 e. The summed E-state index contributed by atoms with van der Waals surface area (Å²) in [5.41, 5.74) is 1.53. The van der Waals surface area contributed by atoms with Crippen molar-refractivity contribution >= 4 is 31.9 Å². The van der Waals surface area contributed by atoms with Crippen molar-refractivity contribution in [3.05, 3.63) is 59.2 Å². The molecule has 178 valence electrons. The second-order valence-electron chi connectivity index (χ2n) is 7.64. The van der Waals surface area contributed by atoms with E-state index in [9.17, 15) is 26.4 Å². The third-order valence-electron chi connectivity index (χ3n) is 5.07. The van der Waals surface area contributed by atoms with E-state index in [0.717, 1.165) is 9.87 Å². The molecule has 0 unspecified atom stereocenters. The van der Waals surface area contributed by atoms with E-state index in [-0.39, 0.29) is 54.0 Å². The molecule has 1 heterocycles. The van der Waals surface area contributed by atoms with E-state index < -0.39 is 26.0 Å². The minimum Gasteiger partial charge on any atom is -0.354 e. The average Bonchev–Trinajstić information content (AvgIpc) is 2.78. The molecule has 0 bridgehead atoms. The Labute approximate surface area is 193 Å². The first kappa shape index (κ1) is 24.8. The summed E-state index contributed by atoms with van der Waals surface area (Å²) in [5, 5.41) is 5.14. The first-order valence-corrected chi connectivity index (χ1v) is 13.1. The maximum absolute atomic E-state index is 12.8. The van der Waals surface area contributed by atoms with Crippen LogP contribution >= 0.6 is 0 Å².